The highest BCUT2D eigenvalue weighted by Crippen LogP contribution is 2.38. The van der Waals surface area contributed by atoms with Gasteiger partial charge < -0.3 is 20.0 Å². The topological polar surface area (TPSA) is 79.7 Å². The van der Waals surface area contributed by atoms with Crippen molar-refractivity contribution < 1.29 is 9.59 Å². The van der Waals surface area contributed by atoms with E-state index in [9.17, 15) is 9.59 Å². The number of hydrogen-bond donors (Lipinski definition) is 1. The summed E-state index contributed by atoms with van der Waals surface area (Å²) in [5.74, 6) is 1.13. The first-order chi connectivity index (χ1) is 11.5. The average Bonchev–Trinajstić information content (AvgIpc) is 3.25. The van der Waals surface area contributed by atoms with Crippen LogP contribution in [0, 0.1) is 23.2 Å². The van der Waals surface area contributed by atoms with Crippen molar-refractivity contribution in [3.8, 4) is 6.07 Å². The molecule has 24 heavy (non-hydrogen) atoms. The predicted octanol–water partition coefficient (Wildman–Crippen LogP) is 0.483. The number of hydrogen-bond acceptors (Lipinski definition) is 4. The van der Waals surface area contributed by atoms with Crippen LogP contribution in [-0.2, 0) is 4.79 Å². The molecule has 0 bridgehead atoms. The monoisotopic (exact) mass is 333 g/mol. The first-order valence-corrected chi connectivity index (χ1v) is 8.88. The zero-order valence-electron chi connectivity index (χ0n) is 14.6. The third kappa shape index (κ3) is 3.34. The normalized spacial score (nSPS) is 31.9. The van der Waals surface area contributed by atoms with Crippen LogP contribution in [0.3, 0.4) is 0 Å². The van der Waals surface area contributed by atoms with E-state index in [2.05, 4.69) is 11.4 Å². The Bertz CT molecular complexity index is 530. The molecule has 0 aromatic carbocycles. The number of nitrogens with one attached hydrogen (secondary N) is 1. The lowest BCUT2D eigenvalue weighted by Gasteiger charge is -2.24. The molecule has 4 atom stereocenters. The number of amides is 3. The van der Waals surface area contributed by atoms with Gasteiger partial charge in [-0.2, -0.15) is 5.26 Å². The maximum Gasteiger partial charge on any atom is 0.319 e. The number of urea groups is 1. The molecule has 7 nitrogen and oxygen atoms in total. The van der Waals surface area contributed by atoms with Gasteiger partial charge in [0.15, 0.2) is 0 Å². The van der Waals surface area contributed by atoms with Crippen molar-refractivity contribution in [2.45, 2.75) is 37.8 Å². The van der Waals surface area contributed by atoms with Crippen LogP contribution in [0.2, 0.25) is 0 Å². The summed E-state index contributed by atoms with van der Waals surface area (Å²) in [6.45, 7) is 2.69. The van der Waals surface area contributed by atoms with E-state index in [-0.39, 0.29) is 18.0 Å². The minimum atomic E-state index is -0.243. The van der Waals surface area contributed by atoms with Gasteiger partial charge in [-0.15, -0.1) is 0 Å². The third-order valence-corrected chi connectivity index (χ3v) is 5.67. The molecule has 0 aromatic heterocycles. The van der Waals surface area contributed by atoms with Gasteiger partial charge in [-0.3, -0.25) is 4.79 Å². The zero-order valence-corrected chi connectivity index (χ0v) is 14.6. The summed E-state index contributed by atoms with van der Waals surface area (Å²) in [4.78, 5) is 29.6. The van der Waals surface area contributed by atoms with Crippen LogP contribution in [0.1, 0.15) is 25.7 Å². The molecule has 1 aliphatic carbocycles. The maximum atomic E-state index is 12.3. The second-order valence-corrected chi connectivity index (χ2v) is 7.53. The number of nitriles is 1. The summed E-state index contributed by atoms with van der Waals surface area (Å²) in [5.41, 5.74) is 0. The first-order valence-electron chi connectivity index (χ1n) is 8.88. The lowest BCUT2D eigenvalue weighted by molar-refractivity contribution is -0.130. The molecule has 3 rings (SSSR count). The Morgan fingerprint density at radius 2 is 1.92 bits per heavy atom. The van der Waals surface area contributed by atoms with E-state index in [4.69, 9.17) is 5.26 Å². The van der Waals surface area contributed by atoms with Crippen LogP contribution in [0.5, 0.6) is 0 Å². The Hall–Kier alpha value is -1.81. The maximum absolute atomic E-state index is 12.3. The van der Waals surface area contributed by atoms with E-state index in [1.54, 1.807) is 23.9 Å². The molecule has 2 saturated heterocycles. The highest BCUT2D eigenvalue weighted by molar-refractivity contribution is 5.79. The molecule has 132 valence electrons. The fourth-order valence-corrected chi connectivity index (χ4v) is 4.44. The highest BCUT2D eigenvalue weighted by atomic mass is 16.2. The first kappa shape index (κ1) is 17.0. The molecule has 2 heterocycles. The molecule has 3 aliphatic rings. The third-order valence-electron chi connectivity index (χ3n) is 5.67. The number of carbonyl (C=O) groups excluding carboxylic acids is 2. The molecule has 2 aliphatic heterocycles. The Morgan fingerprint density at radius 1 is 1.25 bits per heavy atom. The standard InChI is InChI=1S/C17H27N5O2/c1-20(2)17(24)21-10-12-6-14(7-13(12)11-21)19-9-16(23)22-5-3-4-15(22)8-18/h12-15,19H,3-7,9-11H2,1-2H3/t12-,13+,14?,15-/m0/s1. The Kier molecular flexibility index (Phi) is 4.95. The molecule has 1 N–H and O–H groups in total. The molecule has 3 amide bonds. The molecule has 3 fully saturated rings. The molecular weight excluding hydrogens is 306 g/mol. The van der Waals surface area contributed by atoms with Crippen molar-refractivity contribution >= 4 is 11.9 Å². The Balaban J connectivity index is 1.43. The van der Waals surface area contributed by atoms with Crippen molar-refractivity contribution in [1.82, 2.24) is 20.0 Å². The van der Waals surface area contributed by atoms with Crippen LogP contribution in [-0.4, -0.2) is 79.0 Å². The van der Waals surface area contributed by atoms with Crippen LogP contribution in [0.4, 0.5) is 4.79 Å². The van der Waals surface area contributed by atoms with Crippen LogP contribution >= 0.6 is 0 Å². The number of likely N-dealkylation sites (tertiary alicyclic amines) is 2. The lowest BCUT2D eigenvalue weighted by Crippen LogP contribution is -2.43. The molecule has 1 saturated carbocycles. The lowest BCUT2D eigenvalue weighted by atomic mass is 10.0. The van der Waals surface area contributed by atoms with Gasteiger partial charge in [-0.1, -0.05) is 0 Å². The minimum Gasteiger partial charge on any atom is -0.331 e. The predicted molar refractivity (Wildman–Crippen MR) is 89.0 cm³/mol. The van der Waals surface area contributed by atoms with Crippen LogP contribution in [0.25, 0.3) is 0 Å². The molecule has 0 aromatic rings. The molecule has 0 radical (unpaired) electrons. The number of rotatable bonds is 3. The second kappa shape index (κ2) is 6.98. The summed E-state index contributed by atoms with van der Waals surface area (Å²) < 4.78 is 0. The minimum absolute atomic E-state index is 0.0421. The number of carbonyl (C=O) groups is 2. The number of fused-ring (bicyclic) bond motifs is 1. The van der Waals surface area contributed by atoms with Gasteiger partial charge in [-0.25, -0.2) is 4.79 Å². The zero-order chi connectivity index (χ0) is 17.3. The van der Waals surface area contributed by atoms with Crippen molar-refractivity contribution in [2.24, 2.45) is 11.8 Å². The van der Waals surface area contributed by atoms with Crippen molar-refractivity contribution in [3.63, 3.8) is 0 Å². The van der Waals surface area contributed by atoms with Crippen molar-refractivity contribution in [1.29, 1.82) is 5.26 Å². The highest BCUT2D eigenvalue weighted by Gasteiger charge is 2.42. The van der Waals surface area contributed by atoms with Gasteiger partial charge >= 0.3 is 6.03 Å². The fourth-order valence-electron chi connectivity index (χ4n) is 4.44. The molecule has 1 unspecified atom stereocenters. The second-order valence-electron chi connectivity index (χ2n) is 7.53. The van der Waals surface area contributed by atoms with Crippen LogP contribution < -0.4 is 5.32 Å². The Morgan fingerprint density at radius 3 is 2.50 bits per heavy atom. The van der Waals surface area contributed by atoms with Gasteiger partial charge in [-0.05, 0) is 37.5 Å². The van der Waals surface area contributed by atoms with Crippen molar-refractivity contribution in [3.05, 3.63) is 0 Å². The van der Waals surface area contributed by atoms with E-state index < -0.39 is 0 Å². The summed E-state index contributed by atoms with van der Waals surface area (Å²) in [7, 11) is 3.58. The summed E-state index contributed by atoms with van der Waals surface area (Å²) >= 11 is 0. The quantitative estimate of drug-likeness (QED) is 0.815. The van der Waals surface area contributed by atoms with Gasteiger partial charge in [0.25, 0.3) is 0 Å². The summed E-state index contributed by atoms with van der Waals surface area (Å²) in [5, 5.41) is 12.5. The fraction of sp³-hybridized carbons (Fsp3) is 0.824. The molecular formula is C17H27N5O2. The summed E-state index contributed by atoms with van der Waals surface area (Å²) in [6, 6.07) is 2.42. The largest absolute Gasteiger partial charge is 0.331 e. The van der Waals surface area contributed by atoms with E-state index in [1.165, 1.54) is 0 Å². The Labute approximate surface area is 143 Å². The average molecular weight is 333 g/mol. The molecule has 0 spiro atoms. The van der Waals surface area contributed by atoms with Gasteiger partial charge in [0.2, 0.25) is 5.91 Å². The van der Waals surface area contributed by atoms with E-state index in [1.807, 2.05) is 4.90 Å². The summed E-state index contributed by atoms with van der Waals surface area (Å²) in [6.07, 6.45) is 3.77. The SMILES string of the molecule is CN(C)C(=O)N1C[C@H]2CC(NCC(=O)N3CCC[C@H]3C#N)C[C@H]2C1. The van der Waals surface area contributed by atoms with E-state index in [0.29, 0.717) is 31.0 Å². The van der Waals surface area contributed by atoms with Gasteiger partial charge in [0, 0.05) is 39.8 Å². The van der Waals surface area contributed by atoms with Gasteiger partial charge in [0.05, 0.1) is 12.6 Å². The van der Waals surface area contributed by atoms with Crippen LogP contribution in [0.15, 0.2) is 0 Å². The van der Waals surface area contributed by atoms with E-state index >= 15 is 0 Å². The van der Waals surface area contributed by atoms with Crippen molar-refractivity contribution in [2.75, 3.05) is 40.3 Å². The number of nitrogens with zero attached hydrogens (tertiary/aromatic N) is 4. The van der Waals surface area contributed by atoms with Gasteiger partial charge in [0.1, 0.15) is 6.04 Å². The smallest absolute Gasteiger partial charge is 0.319 e. The van der Waals surface area contributed by atoms with E-state index in [0.717, 1.165) is 38.8 Å². The molecule has 7 heteroatoms.